The second-order valence-electron chi connectivity index (χ2n) is 6.50. The number of nitrogens with one attached hydrogen (secondary N) is 1. The molecule has 0 aliphatic rings. The molecule has 0 heterocycles. The van der Waals surface area contributed by atoms with Crippen molar-refractivity contribution in [2.75, 3.05) is 27.3 Å². The van der Waals surface area contributed by atoms with Crippen LogP contribution in [0.25, 0.3) is 0 Å². The molecule has 7 nitrogen and oxygen atoms in total. The van der Waals surface area contributed by atoms with Crippen molar-refractivity contribution in [2.45, 2.75) is 24.8 Å². The summed E-state index contributed by atoms with van der Waals surface area (Å²) in [6.45, 7) is 3.60. The van der Waals surface area contributed by atoms with E-state index in [1.165, 1.54) is 19.2 Å². The standard InChI is InChI=1S/C20H26N2O5S/c1-15-9-11-17(12-10-15)28(24,25)22(3)13-20(23)21-16(2)14-27-19-8-6-5-7-18(19)26-4/h5-12,16H,13-14H2,1-4H3,(H,21,23)/t16-/m1/s1. The lowest BCUT2D eigenvalue weighted by molar-refractivity contribution is -0.121. The van der Waals surface area contributed by atoms with Crippen LogP contribution in [0.3, 0.4) is 0 Å². The van der Waals surface area contributed by atoms with Crippen molar-refractivity contribution in [3.05, 3.63) is 54.1 Å². The first-order valence-electron chi connectivity index (χ1n) is 8.82. The Morgan fingerprint density at radius 3 is 2.32 bits per heavy atom. The van der Waals surface area contributed by atoms with Crippen LogP contribution in [0.5, 0.6) is 11.5 Å². The van der Waals surface area contributed by atoms with Gasteiger partial charge in [0, 0.05) is 7.05 Å². The van der Waals surface area contributed by atoms with Crippen molar-refractivity contribution < 1.29 is 22.7 Å². The van der Waals surface area contributed by atoms with Crippen molar-refractivity contribution >= 4 is 15.9 Å². The van der Waals surface area contributed by atoms with Crippen LogP contribution in [0, 0.1) is 6.92 Å². The molecule has 0 saturated heterocycles. The number of hydrogen-bond acceptors (Lipinski definition) is 5. The van der Waals surface area contributed by atoms with E-state index >= 15 is 0 Å². The molecule has 8 heteroatoms. The zero-order chi connectivity index (χ0) is 20.7. The number of benzene rings is 2. The Morgan fingerprint density at radius 2 is 1.71 bits per heavy atom. The molecule has 0 spiro atoms. The minimum Gasteiger partial charge on any atom is -0.493 e. The number of sulfonamides is 1. The molecule has 2 aromatic carbocycles. The Kier molecular flexibility index (Phi) is 7.42. The SMILES string of the molecule is COc1ccccc1OC[C@@H](C)NC(=O)CN(C)S(=O)(=O)c1ccc(C)cc1. The first kappa shape index (κ1) is 21.7. The third kappa shape index (κ3) is 5.71. The molecule has 28 heavy (non-hydrogen) atoms. The number of methoxy groups -OCH3 is 1. The van der Waals surface area contributed by atoms with Gasteiger partial charge in [-0.1, -0.05) is 29.8 Å². The number of hydrogen-bond donors (Lipinski definition) is 1. The predicted molar refractivity (Wildman–Crippen MR) is 107 cm³/mol. The number of carbonyl (C=O) groups is 1. The minimum absolute atomic E-state index is 0.154. The van der Waals surface area contributed by atoms with Gasteiger partial charge in [-0.15, -0.1) is 0 Å². The second-order valence-corrected chi connectivity index (χ2v) is 8.55. The second kappa shape index (κ2) is 9.57. The van der Waals surface area contributed by atoms with Gasteiger partial charge in [0.1, 0.15) is 6.61 Å². The Labute approximate surface area is 166 Å². The van der Waals surface area contributed by atoms with Crippen LogP contribution >= 0.6 is 0 Å². The van der Waals surface area contributed by atoms with E-state index in [0.29, 0.717) is 11.5 Å². The fourth-order valence-electron chi connectivity index (χ4n) is 2.49. The van der Waals surface area contributed by atoms with Crippen molar-refractivity contribution in [1.29, 1.82) is 0 Å². The molecule has 0 saturated carbocycles. The summed E-state index contributed by atoms with van der Waals surface area (Å²) in [5.41, 5.74) is 0.961. The van der Waals surface area contributed by atoms with Crippen LogP contribution in [0.1, 0.15) is 12.5 Å². The molecule has 0 radical (unpaired) electrons. The Morgan fingerprint density at radius 1 is 1.11 bits per heavy atom. The number of aryl methyl sites for hydroxylation is 1. The highest BCUT2D eigenvalue weighted by Crippen LogP contribution is 2.25. The zero-order valence-corrected chi connectivity index (χ0v) is 17.3. The van der Waals surface area contributed by atoms with Gasteiger partial charge in [-0.05, 0) is 38.1 Å². The van der Waals surface area contributed by atoms with Crippen LogP contribution in [0.15, 0.2) is 53.4 Å². The molecule has 0 aliphatic carbocycles. The Balaban J connectivity index is 1.89. The molecule has 0 unspecified atom stereocenters. The number of likely N-dealkylation sites (N-methyl/N-ethyl adjacent to an activating group) is 1. The van der Waals surface area contributed by atoms with E-state index in [4.69, 9.17) is 9.47 Å². The number of carbonyl (C=O) groups excluding carboxylic acids is 1. The van der Waals surface area contributed by atoms with Gasteiger partial charge in [-0.2, -0.15) is 4.31 Å². The number of nitrogens with zero attached hydrogens (tertiary/aromatic N) is 1. The summed E-state index contributed by atoms with van der Waals surface area (Å²) < 4.78 is 37.0. The van der Waals surface area contributed by atoms with E-state index in [0.717, 1.165) is 9.87 Å². The summed E-state index contributed by atoms with van der Waals surface area (Å²) in [6.07, 6.45) is 0. The molecule has 1 amide bonds. The summed E-state index contributed by atoms with van der Waals surface area (Å²) in [5.74, 6) is 0.768. The molecule has 2 rings (SSSR count). The highest BCUT2D eigenvalue weighted by atomic mass is 32.2. The van der Waals surface area contributed by atoms with Crippen LogP contribution in [-0.2, 0) is 14.8 Å². The highest BCUT2D eigenvalue weighted by Gasteiger charge is 2.23. The minimum atomic E-state index is -3.73. The van der Waals surface area contributed by atoms with E-state index in [9.17, 15) is 13.2 Å². The average molecular weight is 407 g/mol. The first-order chi connectivity index (χ1) is 13.2. The van der Waals surface area contributed by atoms with E-state index < -0.39 is 15.9 Å². The zero-order valence-electron chi connectivity index (χ0n) is 16.5. The lowest BCUT2D eigenvalue weighted by Crippen LogP contribution is -2.43. The maximum atomic E-state index is 12.6. The number of rotatable bonds is 9. The fourth-order valence-corrected chi connectivity index (χ4v) is 3.62. The predicted octanol–water partition coefficient (Wildman–Crippen LogP) is 2.21. The lowest BCUT2D eigenvalue weighted by Gasteiger charge is -2.20. The van der Waals surface area contributed by atoms with Gasteiger partial charge in [-0.3, -0.25) is 4.79 Å². The van der Waals surface area contributed by atoms with E-state index in [1.54, 1.807) is 38.3 Å². The molecule has 0 fully saturated rings. The van der Waals surface area contributed by atoms with Gasteiger partial charge in [0.25, 0.3) is 0 Å². The topological polar surface area (TPSA) is 84.9 Å². The average Bonchev–Trinajstić information content (AvgIpc) is 2.66. The van der Waals surface area contributed by atoms with Crippen LogP contribution in [0.4, 0.5) is 0 Å². The lowest BCUT2D eigenvalue weighted by atomic mass is 10.2. The number of para-hydroxylation sites is 2. The molecular formula is C20H26N2O5S. The van der Waals surface area contributed by atoms with Crippen LogP contribution in [-0.4, -0.2) is 52.0 Å². The third-order valence-corrected chi connectivity index (χ3v) is 5.88. The van der Waals surface area contributed by atoms with Gasteiger partial charge in [-0.25, -0.2) is 8.42 Å². The molecule has 1 atom stereocenters. The van der Waals surface area contributed by atoms with Gasteiger partial charge in [0.2, 0.25) is 15.9 Å². The third-order valence-electron chi connectivity index (χ3n) is 4.06. The number of ether oxygens (including phenoxy) is 2. The Bertz CT molecular complexity index is 897. The van der Waals surface area contributed by atoms with Crippen LogP contribution in [0.2, 0.25) is 0 Å². The van der Waals surface area contributed by atoms with Crippen LogP contribution < -0.4 is 14.8 Å². The summed E-state index contributed by atoms with van der Waals surface area (Å²) in [6, 6.07) is 13.4. The van der Waals surface area contributed by atoms with E-state index in [2.05, 4.69) is 5.32 Å². The molecule has 0 aromatic heterocycles. The van der Waals surface area contributed by atoms with Crippen molar-refractivity contribution in [3.63, 3.8) is 0 Å². The molecular weight excluding hydrogens is 380 g/mol. The molecule has 152 valence electrons. The maximum absolute atomic E-state index is 12.6. The molecule has 2 aromatic rings. The summed E-state index contributed by atoms with van der Waals surface area (Å²) >= 11 is 0. The molecule has 0 bridgehead atoms. The van der Waals surface area contributed by atoms with Gasteiger partial charge < -0.3 is 14.8 Å². The van der Waals surface area contributed by atoms with Gasteiger partial charge in [0.15, 0.2) is 11.5 Å². The quantitative estimate of drug-likeness (QED) is 0.690. The highest BCUT2D eigenvalue weighted by molar-refractivity contribution is 7.89. The Hall–Kier alpha value is -2.58. The molecule has 0 aliphatic heterocycles. The van der Waals surface area contributed by atoms with Crippen molar-refractivity contribution in [2.24, 2.45) is 0 Å². The summed E-state index contributed by atoms with van der Waals surface area (Å²) in [7, 11) is -0.793. The van der Waals surface area contributed by atoms with Crippen molar-refractivity contribution in [1.82, 2.24) is 9.62 Å². The monoisotopic (exact) mass is 406 g/mol. The van der Waals surface area contributed by atoms with Crippen molar-refractivity contribution in [3.8, 4) is 11.5 Å². The maximum Gasteiger partial charge on any atom is 0.243 e. The summed E-state index contributed by atoms with van der Waals surface area (Å²) in [4.78, 5) is 12.4. The smallest absolute Gasteiger partial charge is 0.243 e. The van der Waals surface area contributed by atoms with E-state index in [-0.39, 0.29) is 24.1 Å². The largest absolute Gasteiger partial charge is 0.493 e. The van der Waals surface area contributed by atoms with Gasteiger partial charge in [0.05, 0.1) is 24.6 Å². The normalized spacial score (nSPS) is 12.5. The number of amides is 1. The fraction of sp³-hybridized carbons (Fsp3) is 0.350. The first-order valence-corrected chi connectivity index (χ1v) is 10.3. The summed E-state index contributed by atoms with van der Waals surface area (Å²) in [5, 5.41) is 2.74. The molecule has 1 N–H and O–H groups in total. The van der Waals surface area contributed by atoms with Gasteiger partial charge >= 0.3 is 0 Å². The van der Waals surface area contributed by atoms with E-state index in [1.807, 2.05) is 19.1 Å².